The van der Waals surface area contributed by atoms with Crippen molar-refractivity contribution in [1.82, 2.24) is 10.9 Å². The highest BCUT2D eigenvalue weighted by atomic mass is 19.1. The first-order valence-electron chi connectivity index (χ1n) is 4.87. The van der Waals surface area contributed by atoms with E-state index in [2.05, 4.69) is 16.2 Å². The molecular formula is C10H9F2N3O2. The summed E-state index contributed by atoms with van der Waals surface area (Å²) in [5.41, 5.74) is 4.12. The summed E-state index contributed by atoms with van der Waals surface area (Å²) in [5.74, 6) is -2.75. The molecule has 1 aromatic rings. The van der Waals surface area contributed by atoms with Gasteiger partial charge in [0, 0.05) is 0 Å². The number of carbonyl (C=O) groups excluding carboxylic acids is 2. The summed E-state index contributed by atoms with van der Waals surface area (Å²) in [4.78, 5) is 22.4. The maximum atomic E-state index is 13.2. The molecule has 1 unspecified atom stereocenters. The molecule has 17 heavy (non-hydrogen) atoms. The molecule has 0 saturated carbocycles. The van der Waals surface area contributed by atoms with E-state index in [0.29, 0.717) is 0 Å². The van der Waals surface area contributed by atoms with E-state index in [1.165, 1.54) is 6.07 Å². The van der Waals surface area contributed by atoms with Crippen LogP contribution in [-0.2, 0) is 9.59 Å². The van der Waals surface area contributed by atoms with Gasteiger partial charge in [0.15, 0.2) is 0 Å². The summed E-state index contributed by atoms with van der Waals surface area (Å²) < 4.78 is 26.4. The van der Waals surface area contributed by atoms with Gasteiger partial charge in [-0.25, -0.2) is 14.2 Å². The van der Waals surface area contributed by atoms with Gasteiger partial charge < -0.3 is 5.32 Å². The van der Waals surface area contributed by atoms with E-state index in [1.54, 1.807) is 0 Å². The molecule has 2 amide bonds. The summed E-state index contributed by atoms with van der Waals surface area (Å²) in [7, 11) is 0. The Labute approximate surface area is 95.2 Å². The minimum atomic E-state index is -0.865. The van der Waals surface area contributed by atoms with E-state index in [1.807, 2.05) is 0 Å². The van der Waals surface area contributed by atoms with Crippen LogP contribution in [0.5, 0.6) is 0 Å². The van der Waals surface area contributed by atoms with Gasteiger partial charge in [-0.05, 0) is 12.1 Å². The minimum absolute atomic E-state index is 0.0676. The van der Waals surface area contributed by atoms with Crippen LogP contribution >= 0.6 is 0 Å². The molecule has 1 aliphatic heterocycles. The Morgan fingerprint density at radius 2 is 2.00 bits per heavy atom. The molecule has 2 rings (SSSR count). The van der Waals surface area contributed by atoms with Crippen molar-refractivity contribution in [3.8, 4) is 0 Å². The number of carbonyl (C=O) groups is 2. The quantitative estimate of drug-likeness (QED) is 0.697. The van der Waals surface area contributed by atoms with E-state index >= 15 is 0 Å². The fourth-order valence-electron chi connectivity index (χ4n) is 1.44. The molecule has 1 heterocycles. The van der Waals surface area contributed by atoms with Gasteiger partial charge in [0.05, 0.1) is 6.42 Å². The van der Waals surface area contributed by atoms with Gasteiger partial charge in [-0.2, -0.15) is 0 Å². The molecule has 5 nitrogen and oxygen atoms in total. The van der Waals surface area contributed by atoms with Crippen LogP contribution in [0.25, 0.3) is 0 Å². The van der Waals surface area contributed by atoms with Crippen molar-refractivity contribution < 1.29 is 18.4 Å². The Balaban J connectivity index is 2.11. The highest BCUT2D eigenvalue weighted by molar-refractivity contribution is 5.99. The van der Waals surface area contributed by atoms with E-state index < -0.39 is 29.3 Å². The number of para-hydroxylation sites is 1. The smallest absolute Gasteiger partial charge is 0.244 e. The number of nitrogens with one attached hydrogen (secondary N) is 3. The molecule has 3 N–H and O–H groups in total. The average Bonchev–Trinajstić information content (AvgIpc) is 2.70. The second-order valence-corrected chi connectivity index (χ2v) is 3.54. The fraction of sp³-hybridized carbons (Fsp3) is 0.200. The maximum Gasteiger partial charge on any atom is 0.244 e. The van der Waals surface area contributed by atoms with Crippen molar-refractivity contribution in [3.63, 3.8) is 0 Å². The Hall–Kier alpha value is -2.02. The Bertz CT molecular complexity index is 458. The van der Waals surface area contributed by atoms with E-state index in [9.17, 15) is 18.4 Å². The normalized spacial score (nSPS) is 18.9. The third kappa shape index (κ3) is 2.39. The van der Waals surface area contributed by atoms with Crippen molar-refractivity contribution in [2.45, 2.75) is 12.5 Å². The van der Waals surface area contributed by atoms with Crippen LogP contribution in [0.2, 0.25) is 0 Å². The molecule has 1 aromatic carbocycles. The van der Waals surface area contributed by atoms with Crippen LogP contribution in [0, 0.1) is 11.6 Å². The van der Waals surface area contributed by atoms with Gasteiger partial charge in [0.25, 0.3) is 0 Å². The van der Waals surface area contributed by atoms with E-state index in [0.717, 1.165) is 12.1 Å². The Kier molecular flexibility index (Phi) is 3.01. The van der Waals surface area contributed by atoms with Gasteiger partial charge in [-0.15, -0.1) is 0 Å². The number of halogens is 2. The van der Waals surface area contributed by atoms with Crippen LogP contribution in [0.4, 0.5) is 14.5 Å². The highest BCUT2D eigenvalue weighted by Gasteiger charge is 2.28. The lowest BCUT2D eigenvalue weighted by molar-refractivity contribution is -0.121. The summed E-state index contributed by atoms with van der Waals surface area (Å²) >= 11 is 0. The number of hydrogen-bond acceptors (Lipinski definition) is 3. The van der Waals surface area contributed by atoms with E-state index in [4.69, 9.17) is 0 Å². The van der Waals surface area contributed by atoms with Crippen molar-refractivity contribution >= 4 is 17.5 Å². The van der Waals surface area contributed by atoms with Gasteiger partial charge in [0.2, 0.25) is 11.8 Å². The van der Waals surface area contributed by atoms with Crippen LogP contribution in [0.1, 0.15) is 6.42 Å². The second-order valence-electron chi connectivity index (χ2n) is 3.54. The standard InChI is InChI=1S/C10H9F2N3O2/c11-5-2-1-3-6(12)9(5)13-10(17)7-4-8(16)15-14-7/h1-3,7,14H,4H2,(H,13,17)(H,15,16). The molecule has 1 fully saturated rings. The zero-order chi connectivity index (χ0) is 12.4. The number of amides is 2. The third-order valence-electron chi connectivity index (χ3n) is 2.30. The molecule has 1 aliphatic rings. The zero-order valence-electron chi connectivity index (χ0n) is 8.59. The molecule has 1 saturated heterocycles. The molecule has 90 valence electrons. The van der Waals surface area contributed by atoms with Crippen LogP contribution in [0.3, 0.4) is 0 Å². The van der Waals surface area contributed by atoms with E-state index in [-0.39, 0.29) is 12.3 Å². The fourth-order valence-corrected chi connectivity index (χ4v) is 1.44. The maximum absolute atomic E-state index is 13.2. The van der Waals surface area contributed by atoms with Crippen LogP contribution in [0.15, 0.2) is 18.2 Å². The van der Waals surface area contributed by atoms with Crippen LogP contribution in [-0.4, -0.2) is 17.9 Å². The molecule has 7 heteroatoms. The first-order chi connectivity index (χ1) is 8.08. The third-order valence-corrected chi connectivity index (χ3v) is 2.30. The Morgan fingerprint density at radius 3 is 2.53 bits per heavy atom. The average molecular weight is 241 g/mol. The monoisotopic (exact) mass is 241 g/mol. The summed E-state index contributed by atoms with van der Waals surface area (Å²) in [6, 6.07) is 2.43. The van der Waals surface area contributed by atoms with Crippen molar-refractivity contribution in [1.29, 1.82) is 0 Å². The second kappa shape index (κ2) is 4.46. The lowest BCUT2D eigenvalue weighted by atomic mass is 10.2. The number of hydrogen-bond donors (Lipinski definition) is 3. The molecule has 0 bridgehead atoms. The molecular weight excluding hydrogens is 232 g/mol. The topological polar surface area (TPSA) is 70.2 Å². The first-order valence-corrected chi connectivity index (χ1v) is 4.87. The first kappa shape index (κ1) is 11.5. The number of rotatable bonds is 2. The summed E-state index contributed by atoms with van der Waals surface area (Å²) in [6.45, 7) is 0. The molecule has 0 radical (unpaired) electrons. The SMILES string of the molecule is O=C1CC(C(=O)Nc2c(F)cccc2F)NN1. The lowest BCUT2D eigenvalue weighted by Crippen LogP contribution is -2.40. The van der Waals surface area contributed by atoms with Crippen molar-refractivity contribution in [3.05, 3.63) is 29.8 Å². The molecule has 0 aliphatic carbocycles. The minimum Gasteiger partial charge on any atom is -0.320 e. The summed E-state index contributed by atoms with van der Waals surface area (Å²) in [5, 5.41) is 2.10. The number of hydrazine groups is 1. The lowest BCUT2D eigenvalue weighted by Gasteiger charge is -2.10. The van der Waals surface area contributed by atoms with Gasteiger partial charge in [0.1, 0.15) is 23.4 Å². The molecule has 0 aromatic heterocycles. The molecule has 0 spiro atoms. The zero-order valence-corrected chi connectivity index (χ0v) is 8.59. The van der Waals surface area contributed by atoms with Gasteiger partial charge >= 0.3 is 0 Å². The van der Waals surface area contributed by atoms with Crippen molar-refractivity contribution in [2.24, 2.45) is 0 Å². The predicted molar refractivity (Wildman–Crippen MR) is 54.7 cm³/mol. The summed E-state index contributed by atoms with van der Waals surface area (Å²) in [6.07, 6.45) is -0.0676. The van der Waals surface area contributed by atoms with Gasteiger partial charge in [-0.3, -0.25) is 15.0 Å². The molecule has 1 atom stereocenters. The van der Waals surface area contributed by atoms with Gasteiger partial charge in [-0.1, -0.05) is 6.07 Å². The number of benzene rings is 1. The highest BCUT2D eigenvalue weighted by Crippen LogP contribution is 2.18. The largest absolute Gasteiger partial charge is 0.320 e. The Morgan fingerprint density at radius 1 is 1.35 bits per heavy atom. The van der Waals surface area contributed by atoms with Crippen LogP contribution < -0.4 is 16.2 Å². The number of anilines is 1. The predicted octanol–water partition coefficient (Wildman–Crippen LogP) is 0.296. The van der Waals surface area contributed by atoms with Crippen molar-refractivity contribution in [2.75, 3.05) is 5.32 Å².